The van der Waals surface area contributed by atoms with E-state index in [4.69, 9.17) is 0 Å². The largest absolute Gasteiger partial charge is 0.359 e. The molecule has 1 aliphatic rings. The Balaban J connectivity index is 1.73. The highest BCUT2D eigenvalue weighted by molar-refractivity contribution is 7.09. The van der Waals surface area contributed by atoms with Crippen LogP contribution in [0.15, 0.2) is 0 Å². The van der Waals surface area contributed by atoms with Crippen molar-refractivity contribution in [2.75, 3.05) is 25.0 Å². The molecule has 17 heavy (non-hydrogen) atoms. The highest BCUT2D eigenvalue weighted by Gasteiger charge is 2.27. The molecule has 1 aromatic heterocycles. The fourth-order valence-corrected chi connectivity index (χ4v) is 2.62. The van der Waals surface area contributed by atoms with Gasteiger partial charge in [-0.05, 0) is 19.4 Å². The van der Waals surface area contributed by atoms with Crippen LogP contribution in [0.3, 0.4) is 0 Å². The highest BCUT2D eigenvalue weighted by Crippen LogP contribution is 2.26. The number of nitrogens with one attached hydrogen (secondary N) is 1. The molecule has 5 heteroatoms. The predicted octanol–water partition coefficient (Wildman–Crippen LogP) is 2.56. The molecule has 0 saturated heterocycles. The molecule has 4 nitrogen and oxygen atoms in total. The molecular formula is C12H22N4S. The summed E-state index contributed by atoms with van der Waals surface area (Å²) in [5, 5.41) is 4.33. The molecule has 2 rings (SSSR count). The lowest BCUT2D eigenvalue weighted by molar-refractivity contribution is 0.289. The maximum absolute atomic E-state index is 4.47. The van der Waals surface area contributed by atoms with Gasteiger partial charge in [0, 0.05) is 36.6 Å². The van der Waals surface area contributed by atoms with Gasteiger partial charge in [0.2, 0.25) is 5.13 Å². The highest BCUT2D eigenvalue weighted by atomic mass is 32.1. The topological polar surface area (TPSA) is 41.0 Å². The fourth-order valence-electron chi connectivity index (χ4n) is 1.89. The van der Waals surface area contributed by atoms with Gasteiger partial charge in [0.25, 0.3) is 0 Å². The van der Waals surface area contributed by atoms with Gasteiger partial charge in [-0.1, -0.05) is 20.8 Å². The first-order valence-corrected chi connectivity index (χ1v) is 7.29. The van der Waals surface area contributed by atoms with Crippen LogP contribution in [0.4, 0.5) is 5.13 Å². The van der Waals surface area contributed by atoms with Crippen molar-refractivity contribution in [2.24, 2.45) is 0 Å². The molecule has 1 aromatic rings. The van der Waals surface area contributed by atoms with E-state index < -0.39 is 0 Å². The van der Waals surface area contributed by atoms with Crippen LogP contribution in [0.25, 0.3) is 0 Å². The van der Waals surface area contributed by atoms with Crippen molar-refractivity contribution in [3.05, 3.63) is 5.82 Å². The van der Waals surface area contributed by atoms with E-state index in [0.29, 0.717) is 5.92 Å². The van der Waals surface area contributed by atoms with E-state index in [1.165, 1.54) is 24.4 Å². The second-order valence-corrected chi connectivity index (χ2v) is 5.65. The summed E-state index contributed by atoms with van der Waals surface area (Å²) in [4.78, 5) is 7.01. The summed E-state index contributed by atoms with van der Waals surface area (Å²) >= 11 is 1.47. The van der Waals surface area contributed by atoms with Gasteiger partial charge in [-0.3, -0.25) is 4.90 Å². The van der Waals surface area contributed by atoms with Crippen molar-refractivity contribution < 1.29 is 0 Å². The molecule has 1 saturated carbocycles. The van der Waals surface area contributed by atoms with Crippen LogP contribution in [-0.4, -0.2) is 39.9 Å². The van der Waals surface area contributed by atoms with Crippen molar-refractivity contribution in [1.82, 2.24) is 14.3 Å². The lowest BCUT2D eigenvalue weighted by atomic mass is 10.2. The van der Waals surface area contributed by atoms with Gasteiger partial charge < -0.3 is 5.32 Å². The normalized spacial score (nSPS) is 15.8. The molecule has 1 aliphatic carbocycles. The van der Waals surface area contributed by atoms with Gasteiger partial charge in [-0.2, -0.15) is 4.37 Å². The molecule has 1 fully saturated rings. The molecule has 1 heterocycles. The lowest BCUT2D eigenvalue weighted by Crippen LogP contribution is -2.30. The minimum atomic E-state index is 0.417. The first-order chi connectivity index (χ1) is 8.20. The summed E-state index contributed by atoms with van der Waals surface area (Å²) in [6.45, 7) is 9.71. The minimum Gasteiger partial charge on any atom is -0.359 e. The molecule has 0 radical (unpaired) electrons. The van der Waals surface area contributed by atoms with E-state index in [0.717, 1.165) is 36.6 Å². The number of hydrogen-bond donors (Lipinski definition) is 1. The van der Waals surface area contributed by atoms with Crippen LogP contribution in [-0.2, 0) is 0 Å². The van der Waals surface area contributed by atoms with Gasteiger partial charge in [0.05, 0.1) is 0 Å². The summed E-state index contributed by atoms with van der Waals surface area (Å²) in [5.74, 6) is 1.37. The van der Waals surface area contributed by atoms with Crippen molar-refractivity contribution in [3.63, 3.8) is 0 Å². The summed E-state index contributed by atoms with van der Waals surface area (Å²) in [5.41, 5.74) is 0. The van der Waals surface area contributed by atoms with Crippen LogP contribution >= 0.6 is 11.5 Å². The van der Waals surface area contributed by atoms with Crippen LogP contribution < -0.4 is 5.32 Å². The second-order valence-electron chi connectivity index (χ2n) is 4.90. The predicted molar refractivity (Wildman–Crippen MR) is 72.8 cm³/mol. The monoisotopic (exact) mass is 254 g/mol. The second kappa shape index (κ2) is 5.78. The van der Waals surface area contributed by atoms with Crippen LogP contribution in [0.2, 0.25) is 0 Å². The smallest absolute Gasteiger partial charge is 0.202 e. The van der Waals surface area contributed by atoms with Gasteiger partial charge >= 0.3 is 0 Å². The van der Waals surface area contributed by atoms with Crippen LogP contribution in [0.1, 0.15) is 45.4 Å². The standard InChI is InChI=1S/C12H22N4S/c1-4-16(10-5-6-10)8-7-13-12-14-11(9(2)3)15-17-12/h9-10H,4-8H2,1-3H3,(H,13,14,15). The van der Waals surface area contributed by atoms with Crippen molar-refractivity contribution >= 4 is 16.7 Å². The lowest BCUT2D eigenvalue weighted by Gasteiger charge is -2.19. The Labute approximate surface area is 108 Å². The Hall–Kier alpha value is -0.680. The SMILES string of the molecule is CCN(CCNc1nc(C(C)C)ns1)C1CC1. The summed E-state index contributed by atoms with van der Waals surface area (Å²) in [6.07, 6.45) is 2.76. The summed E-state index contributed by atoms with van der Waals surface area (Å²) in [6, 6.07) is 0.849. The maximum atomic E-state index is 4.47. The van der Waals surface area contributed by atoms with Gasteiger partial charge in [-0.25, -0.2) is 4.98 Å². The van der Waals surface area contributed by atoms with Crippen molar-refractivity contribution in [1.29, 1.82) is 0 Å². The van der Waals surface area contributed by atoms with E-state index in [9.17, 15) is 0 Å². The Bertz CT molecular complexity index is 346. The third-order valence-electron chi connectivity index (χ3n) is 3.10. The minimum absolute atomic E-state index is 0.417. The Morgan fingerprint density at radius 3 is 2.76 bits per heavy atom. The molecule has 0 spiro atoms. The fraction of sp³-hybridized carbons (Fsp3) is 0.833. The van der Waals surface area contributed by atoms with Crippen LogP contribution in [0, 0.1) is 0 Å². The maximum Gasteiger partial charge on any atom is 0.202 e. The molecule has 0 amide bonds. The van der Waals surface area contributed by atoms with Gasteiger partial charge in [-0.15, -0.1) is 0 Å². The molecule has 0 unspecified atom stereocenters. The number of hydrogen-bond acceptors (Lipinski definition) is 5. The quantitative estimate of drug-likeness (QED) is 0.812. The molecule has 1 N–H and O–H groups in total. The van der Waals surface area contributed by atoms with Gasteiger partial charge in [0.15, 0.2) is 0 Å². The third kappa shape index (κ3) is 3.64. The van der Waals surface area contributed by atoms with Crippen molar-refractivity contribution in [2.45, 2.75) is 45.6 Å². The van der Waals surface area contributed by atoms with E-state index in [1.807, 2.05) is 0 Å². The van der Waals surface area contributed by atoms with E-state index in [-0.39, 0.29) is 0 Å². The zero-order valence-electron chi connectivity index (χ0n) is 10.9. The van der Waals surface area contributed by atoms with E-state index in [2.05, 4.69) is 40.3 Å². The zero-order chi connectivity index (χ0) is 12.3. The van der Waals surface area contributed by atoms with E-state index in [1.54, 1.807) is 0 Å². The molecule has 0 atom stereocenters. The number of likely N-dealkylation sites (N-methyl/N-ethyl adjacent to an activating group) is 1. The molecule has 96 valence electrons. The van der Waals surface area contributed by atoms with Gasteiger partial charge in [0.1, 0.15) is 5.82 Å². The Morgan fingerprint density at radius 1 is 1.47 bits per heavy atom. The van der Waals surface area contributed by atoms with Crippen molar-refractivity contribution in [3.8, 4) is 0 Å². The summed E-state index contributed by atoms with van der Waals surface area (Å²) < 4.78 is 4.34. The Morgan fingerprint density at radius 2 is 2.24 bits per heavy atom. The average molecular weight is 254 g/mol. The molecular weight excluding hydrogens is 232 g/mol. The first-order valence-electron chi connectivity index (χ1n) is 6.52. The number of rotatable bonds is 7. The molecule has 0 bridgehead atoms. The number of aromatic nitrogens is 2. The molecule has 0 aromatic carbocycles. The first kappa shape index (κ1) is 12.8. The number of nitrogens with zero attached hydrogens (tertiary/aromatic N) is 3. The average Bonchev–Trinajstić information content (AvgIpc) is 3.03. The molecule has 0 aliphatic heterocycles. The Kier molecular flexibility index (Phi) is 4.34. The number of anilines is 1. The van der Waals surface area contributed by atoms with Crippen LogP contribution in [0.5, 0.6) is 0 Å². The summed E-state index contributed by atoms with van der Waals surface area (Å²) in [7, 11) is 0. The zero-order valence-corrected chi connectivity index (χ0v) is 11.8. The third-order valence-corrected chi connectivity index (χ3v) is 3.79. The van der Waals surface area contributed by atoms with E-state index >= 15 is 0 Å².